The molecule has 2 rings (SSSR count). The zero-order valence-corrected chi connectivity index (χ0v) is 17.5. The van der Waals surface area contributed by atoms with E-state index < -0.39 is 0 Å². The predicted octanol–water partition coefficient (Wildman–Crippen LogP) is 6.44. The van der Waals surface area contributed by atoms with E-state index in [1.165, 1.54) is 0 Å². The molecule has 0 spiro atoms. The lowest BCUT2D eigenvalue weighted by atomic mass is 9.50. The average molecular weight is 322 g/mol. The Kier molecular flexibility index (Phi) is 5.25. The molecule has 1 aromatic carbocycles. The molecule has 0 bridgehead atoms. The normalized spacial score (nSPS) is 27.0. The van der Waals surface area contributed by atoms with Crippen molar-refractivity contribution in [2.45, 2.75) is 84.3 Å². The van der Waals surface area contributed by atoms with Crippen LogP contribution in [0.5, 0.6) is 0 Å². The van der Waals surface area contributed by atoms with Crippen molar-refractivity contribution in [3.63, 3.8) is 0 Å². The van der Waals surface area contributed by atoms with Crippen LogP contribution in [-0.2, 0) is 16.3 Å². The van der Waals surface area contributed by atoms with Gasteiger partial charge >= 0.3 is 0 Å². The molecule has 1 atom stereocenters. The zero-order valence-electron chi connectivity index (χ0n) is 16.7. The van der Waals surface area contributed by atoms with Crippen molar-refractivity contribution in [2.24, 2.45) is 10.8 Å². The van der Waals surface area contributed by atoms with E-state index in [1.54, 1.807) is 10.5 Å². The molecule has 22 heavy (non-hydrogen) atoms. The van der Waals surface area contributed by atoms with Crippen molar-refractivity contribution >= 4 is 10.9 Å². The van der Waals surface area contributed by atoms with Crippen molar-refractivity contribution in [3.8, 4) is 0 Å². The van der Waals surface area contributed by atoms with Gasteiger partial charge in [-0.3, -0.25) is 0 Å². The van der Waals surface area contributed by atoms with Crippen molar-refractivity contribution in [2.75, 3.05) is 6.26 Å². The number of hydrogen-bond acceptors (Lipinski definition) is 0. The molecule has 0 aliphatic carbocycles. The van der Waals surface area contributed by atoms with Crippen LogP contribution in [0.4, 0.5) is 0 Å². The average Bonchev–Trinajstić information content (AvgIpc) is 2.48. The summed E-state index contributed by atoms with van der Waals surface area (Å²) in [6.45, 7) is 23.7. The summed E-state index contributed by atoms with van der Waals surface area (Å²) >= 11 is 0. The Morgan fingerprint density at radius 2 is 1.18 bits per heavy atom. The van der Waals surface area contributed by atoms with E-state index in [4.69, 9.17) is 0 Å². The van der Waals surface area contributed by atoms with Crippen LogP contribution in [-0.4, -0.2) is 11.0 Å². The summed E-state index contributed by atoms with van der Waals surface area (Å²) in [6, 6.07) is 9.14. The molecule has 0 radical (unpaired) electrons. The first-order valence-corrected chi connectivity index (χ1v) is 10.3. The van der Waals surface area contributed by atoms with E-state index in [9.17, 15) is 0 Å². The van der Waals surface area contributed by atoms with Gasteiger partial charge < -0.3 is 0 Å². The third-order valence-corrected chi connectivity index (χ3v) is 10.3. The second-order valence-electron chi connectivity index (χ2n) is 8.39. The number of hydrogen-bond donors (Lipinski definition) is 0. The van der Waals surface area contributed by atoms with Gasteiger partial charge in [-0.1, -0.05) is 73.6 Å². The summed E-state index contributed by atoms with van der Waals surface area (Å²) in [5, 5.41) is 0. The van der Waals surface area contributed by atoms with Crippen LogP contribution in [0.25, 0.3) is 0 Å². The first-order valence-electron chi connectivity index (χ1n) is 8.64. The number of rotatable bonds is 0. The molecule has 1 heterocycles. The molecule has 126 valence electrons. The summed E-state index contributed by atoms with van der Waals surface area (Å²) in [4.78, 5) is 1.57. The Morgan fingerprint density at radius 3 is 1.68 bits per heavy atom. The summed E-state index contributed by atoms with van der Waals surface area (Å²) < 4.78 is 0.278. The lowest BCUT2D eigenvalue weighted by Gasteiger charge is -2.54. The lowest BCUT2D eigenvalue weighted by Crippen LogP contribution is -2.56. The van der Waals surface area contributed by atoms with Crippen LogP contribution in [0.1, 0.15) is 74.8 Å². The molecule has 0 amide bonds. The highest BCUT2D eigenvalue weighted by Crippen LogP contribution is 2.62. The number of benzene rings is 1. The first-order chi connectivity index (χ1) is 9.89. The molecule has 0 fully saturated rings. The van der Waals surface area contributed by atoms with Gasteiger partial charge in [-0.25, -0.2) is 0 Å². The Morgan fingerprint density at radius 1 is 0.727 bits per heavy atom. The van der Waals surface area contributed by atoms with E-state index in [0.29, 0.717) is 0 Å². The summed E-state index contributed by atoms with van der Waals surface area (Å²) in [5.74, 6) is 0. The third kappa shape index (κ3) is 2.35. The monoisotopic (exact) mass is 321 g/mol. The van der Waals surface area contributed by atoms with Crippen LogP contribution in [0.2, 0.25) is 0 Å². The molecule has 1 heteroatoms. The second kappa shape index (κ2) is 5.89. The molecule has 1 aromatic rings. The Labute approximate surface area is 142 Å². The van der Waals surface area contributed by atoms with E-state index in [-0.39, 0.29) is 31.9 Å². The smallest absolute Gasteiger partial charge is 0.0683 e. The van der Waals surface area contributed by atoms with Crippen LogP contribution in [0.3, 0.4) is 0 Å². The van der Waals surface area contributed by atoms with Crippen LogP contribution in [0, 0.1) is 10.8 Å². The largest absolute Gasteiger partial charge is 0.158 e. The molecule has 0 aromatic heterocycles. The van der Waals surface area contributed by atoms with E-state index in [1.807, 2.05) is 13.8 Å². The van der Waals surface area contributed by atoms with Crippen LogP contribution >= 0.6 is 0 Å². The zero-order chi connectivity index (χ0) is 17.6. The highest BCUT2D eigenvalue weighted by molar-refractivity contribution is 7.97. The SMILES string of the molecule is CC.C[S+]1c2ccccc2C(C)(C)C(C)(C)C(C)(C)C1(C)C. The van der Waals surface area contributed by atoms with Crippen molar-refractivity contribution in [3.05, 3.63) is 29.8 Å². The van der Waals surface area contributed by atoms with Crippen molar-refractivity contribution in [1.29, 1.82) is 0 Å². The Bertz CT molecular complexity index is 520. The van der Waals surface area contributed by atoms with E-state index in [2.05, 4.69) is 85.9 Å². The van der Waals surface area contributed by atoms with Crippen molar-refractivity contribution in [1.82, 2.24) is 0 Å². The number of fused-ring (bicyclic) bond motifs is 1. The van der Waals surface area contributed by atoms with Gasteiger partial charge in [0, 0.05) is 27.3 Å². The minimum Gasteiger partial charge on any atom is -0.0683 e. The summed E-state index contributed by atoms with van der Waals surface area (Å²) in [5.41, 5.74) is 2.19. The maximum Gasteiger partial charge on any atom is 0.158 e. The fraction of sp³-hybridized carbons (Fsp3) is 0.714. The minimum atomic E-state index is 0.169. The maximum absolute atomic E-state index is 2.48. The van der Waals surface area contributed by atoms with Gasteiger partial charge in [0.15, 0.2) is 4.90 Å². The molecule has 0 nitrogen and oxygen atoms in total. The van der Waals surface area contributed by atoms with E-state index in [0.717, 1.165) is 0 Å². The molecule has 1 aliphatic rings. The van der Waals surface area contributed by atoms with Crippen LogP contribution < -0.4 is 0 Å². The fourth-order valence-corrected chi connectivity index (χ4v) is 6.28. The molecule has 1 unspecified atom stereocenters. The standard InChI is InChI=1S/C19H31S.C2H6/c1-16(2)14-12-10-11-13-15(14)20(9)19(7,8)18(5,6)17(16,3)4;1-2/h10-13H,1-9H3;1-2H3/q+1;. The summed E-state index contributed by atoms with van der Waals surface area (Å²) in [7, 11) is 0.245. The topological polar surface area (TPSA) is 0 Å². The third-order valence-electron chi connectivity index (χ3n) is 7.29. The first kappa shape index (κ1) is 19.6. The highest BCUT2D eigenvalue weighted by Gasteiger charge is 2.64. The molecule has 0 N–H and O–H groups in total. The van der Waals surface area contributed by atoms with Gasteiger partial charge in [0.05, 0.1) is 0 Å². The quantitative estimate of drug-likeness (QED) is 0.482. The Balaban J connectivity index is 0.00000116. The minimum absolute atomic E-state index is 0.169. The van der Waals surface area contributed by atoms with E-state index >= 15 is 0 Å². The van der Waals surface area contributed by atoms with Crippen LogP contribution in [0.15, 0.2) is 29.2 Å². The van der Waals surface area contributed by atoms with Gasteiger partial charge in [-0.05, 0) is 25.3 Å². The molecular weight excluding hydrogens is 284 g/mol. The van der Waals surface area contributed by atoms with Gasteiger partial charge in [-0.2, -0.15) is 0 Å². The second-order valence-corrected chi connectivity index (χ2v) is 10.9. The van der Waals surface area contributed by atoms with Crippen molar-refractivity contribution < 1.29 is 0 Å². The maximum atomic E-state index is 2.48. The molecule has 0 saturated heterocycles. The summed E-state index contributed by atoms with van der Waals surface area (Å²) in [6.07, 6.45) is 2.44. The lowest BCUT2D eigenvalue weighted by molar-refractivity contribution is 0.00745. The molecule has 1 aliphatic heterocycles. The van der Waals surface area contributed by atoms with Gasteiger partial charge in [0.25, 0.3) is 0 Å². The fourth-order valence-electron chi connectivity index (χ4n) is 3.78. The Hall–Kier alpha value is -0.430. The highest BCUT2D eigenvalue weighted by atomic mass is 32.2. The molecular formula is C21H37S+. The predicted molar refractivity (Wildman–Crippen MR) is 104 cm³/mol. The van der Waals surface area contributed by atoms with Gasteiger partial charge in [0.1, 0.15) is 11.0 Å². The van der Waals surface area contributed by atoms with Gasteiger partial charge in [-0.15, -0.1) is 0 Å². The molecule has 0 saturated carbocycles. The van der Waals surface area contributed by atoms with Gasteiger partial charge in [0.2, 0.25) is 0 Å².